The average molecular weight is 293 g/mol. The highest BCUT2D eigenvalue weighted by molar-refractivity contribution is 5.83. The molecule has 1 aliphatic heterocycles. The van der Waals surface area contributed by atoms with Gasteiger partial charge in [-0.05, 0) is 25.3 Å². The van der Waals surface area contributed by atoms with Gasteiger partial charge in [-0.2, -0.15) is 0 Å². The van der Waals surface area contributed by atoms with E-state index in [1.807, 2.05) is 30.3 Å². The molecule has 2 rings (SSSR count). The van der Waals surface area contributed by atoms with E-state index in [-0.39, 0.29) is 6.61 Å². The van der Waals surface area contributed by atoms with E-state index in [1.165, 1.54) is 0 Å². The van der Waals surface area contributed by atoms with Crippen LogP contribution in [0.3, 0.4) is 0 Å². The van der Waals surface area contributed by atoms with Gasteiger partial charge in [-0.3, -0.25) is 4.79 Å². The summed E-state index contributed by atoms with van der Waals surface area (Å²) in [7, 11) is 0. The van der Waals surface area contributed by atoms with Crippen molar-refractivity contribution in [1.29, 1.82) is 0 Å². The molecule has 21 heavy (non-hydrogen) atoms. The minimum Gasteiger partial charge on any atom is -0.479 e. The van der Waals surface area contributed by atoms with Crippen LogP contribution in [0.5, 0.6) is 0 Å². The van der Waals surface area contributed by atoms with Crippen LogP contribution in [0.25, 0.3) is 0 Å². The maximum atomic E-state index is 12.2. The van der Waals surface area contributed by atoms with Crippen LogP contribution in [-0.2, 0) is 19.9 Å². The highest BCUT2D eigenvalue weighted by Crippen LogP contribution is 2.24. The zero-order chi connectivity index (χ0) is 15.5. The van der Waals surface area contributed by atoms with E-state index in [0.717, 1.165) is 5.56 Å². The van der Waals surface area contributed by atoms with Crippen molar-refractivity contribution in [3.63, 3.8) is 0 Å². The van der Waals surface area contributed by atoms with E-state index in [0.29, 0.717) is 12.8 Å². The fraction of sp³-hybridized carbons (Fsp3) is 0.467. The van der Waals surface area contributed by atoms with Crippen LogP contribution in [0.1, 0.15) is 25.3 Å². The van der Waals surface area contributed by atoms with Crippen molar-refractivity contribution in [3.05, 3.63) is 35.9 Å². The van der Waals surface area contributed by atoms with Crippen molar-refractivity contribution in [2.45, 2.75) is 37.5 Å². The molecule has 3 N–H and O–H groups in total. The van der Waals surface area contributed by atoms with E-state index in [4.69, 9.17) is 9.84 Å². The molecule has 1 aromatic carbocycles. The third-order valence-electron chi connectivity index (χ3n) is 3.71. The third kappa shape index (κ3) is 3.40. The van der Waals surface area contributed by atoms with Crippen LogP contribution in [0, 0.1) is 0 Å². The molecule has 3 atom stereocenters. The van der Waals surface area contributed by atoms with Crippen LogP contribution in [0.2, 0.25) is 0 Å². The van der Waals surface area contributed by atoms with E-state index >= 15 is 0 Å². The third-order valence-corrected chi connectivity index (χ3v) is 3.71. The number of aliphatic carboxylic acids is 1. The quantitative estimate of drug-likeness (QED) is 0.740. The molecule has 0 bridgehead atoms. The van der Waals surface area contributed by atoms with Crippen LogP contribution in [0.4, 0.5) is 0 Å². The molecular weight excluding hydrogens is 274 g/mol. The number of benzene rings is 1. The fourth-order valence-electron chi connectivity index (χ4n) is 2.37. The summed E-state index contributed by atoms with van der Waals surface area (Å²) in [6, 6.07) is 9.11. The summed E-state index contributed by atoms with van der Waals surface area (Å²) >= 11 is 0. The molecule has 1 amide bonds. The Labute approximate surface area is 122 Å². The van der Waals surface area contributed by atoms with Crippen molar-refractivity contribution in [1.82, 2.24) is 5.32 Å². The van der Waals surface area contributed by atoms with Gasteiger partial charge < -0.3 is 20.3 Å². The minimum absolute atomic E-state index is 0.266. The van der Waals surface area contributed by atoms with E-state index in [1.54, 1.807) is 6.92 Å². The second kappa shape index (κ2) is 6.24. The zero-order valence-electron chi connectivity index (χ0n) is 11.8. The van der Waals surface area contributed by atoms with Gasteiger partial charge in [-0.15, -0.1) is 0 Å². The normalized spacial score (nSPS) is 24.3. The lowest BCUT2D eigenvalue weighted by atomic mass is 9.92. The van der Waals surface area contributed by atoms with Crippen LogP contribution >= 0.6 is 0 Å². The standard InChI is InChI=1S/C15H19NO5/c1-15(9-17,10-5-3-2-4-6-10)16-13(18)11-7-8-12(21-11)14(19)20/h2-6,11-12,17H,7-9H2,1H3,(H,16,18)(H,19,20)/t11-,12+,15?/m0/s1. The highest BCUT2D eigenvalue weighted by Gasteiger charge is 2.37. The molecule has 1 fully saturated rings. The molecule has 0 radical (unpaired) electrons. The largest absolute Gasteiger partial charge is 0.479 e. The number of aliphatic hydroxyl groups excluding tert-OH is 1. The van der Waals surface area contributed by atoms with Crippen molar-refractivity contribution in [2.24, 2.45) is 0 Å². The van der Waals surface area contributed by atoms with Gasteiger partial charge in [0.1, 0.15) is 6.10 Å². The molecule has 6 nitrogen and oxygen atoms in total. The molecule has 0 aliphatic carbocycles. The number of carboxylic acid groups (broad SMARTS) is 1. The number of amides is 1. The van der Waals surface area contributed by atoms with Gasteiger partial charge in [0.2, 0.25) is 5.91 Å². The summed E-state index contributed by atoms with van der Waals surface area (Å²) in [4.78, 5) is 23.1. The smallest absolute Gasteiger partial charge is 0.332 e. The van der Waals surface area contributed by atoms with Gasteiger partial charge in [0.15, 0.2) is 6.10 Å². The summed E-state index contributed by atoms with van der Waals surface area (Å²) in [6.07, 6.45) is -1.05. The van der Waals surface area contributed by atoms with Crippen molar-refractivity contribution < 1.29 is 24.5 Å². The Morgan fingerprint density at radius 2 is 1.90 bits per heavy atom. The Hall–Kier alpha value is -1.92. The molecule has 1 heterocycles. The zero-order valence-corrected chi connectivity index (χ0v) is 11.8. The predicted octanol–water partition coefficient (Wildman–Crippen LogP) is 0.642. The molecule has 6 heteroatoms. The average Bonchev–Trinajstić information content (AvgIpc) is 2.98. The molecule has 0 aromatic heterocycles. The van der Waals surface area contributed by atoms with Gasteiger partial charge in [0.05, 0.1) is 12.1 Å². The van der Waals surface area contributed by atoms with Crippen molar-refractivity contribution >= 4 is 11.9 Å². The molecule has 1 unspecified atom stereocenters. The van der Waals surface area contributed by atoms with E-state index in [2.05, 4.69) is 5.32 Å². The maximum Gasteiger partial charge on any atom is 0.332 e. The molecule has 1 saturated heterocycles. The van der Waals surface area contributed by atoms with Crippen LogP contribution in [-0.4, -0.2) is 40.9 Å². The van der Waals surface area contributed by atoms with Gasteiger partial charge in [-0.25, -0.2) is 4.79 Å². The van der Waals surface area contributed by atoms with Gasteiger partial charge in [0.25, 0.3) is 0 Å². The highest BCUT2D eigenvalue weighted by atomic mass is 16.5. The van der Waals surface area contributed by atoms with E-state index in [9.17, 15) is 14.7 Å². The first kappa shape index (κ1) is 15.5. The Morgan fingerprint density at radius 1 is 1.29 bits per heavy atom. The first-order chi connectivity index (χ1) is 9.96. The van der Waals surface area contributed by atoms with E-state index < -0.39 is 29.6 Å². The lowest BCUT2D eigenvalue weighted by Gasteiger charge is -2.30. The predicted molar refractivity (Wildman–Crippen MR) is 74.6 cm³/mol. The number of hydrogen-bond acceptors (Lipinski definition) is 4. The monoisotopic (exact) mass is 293 g/mol. The van der Waals surface area contributed by atoms with Gasteiger partial charge >= 0.3 is 5.97 Å². The SMILES string of the molecule is CC(CO)(NC(=O)[C@@H]1CC[C@H](C(=O)O)O1)c1ccccc1. The van der Waals surface area contributed by atoms with Crippen molar-refractivity contribution in [2.75, 3.05) is 6.61 Å². The Balaban J connectivity index is 2.06. The first-order valence-corrected chi connectivity index (χ1v) is 6.83. The lowest BCUT2D eigenvalue weighted by Crippen LogP contribution is -2.50. The molecule has 114 valence electrons. The summed E-state index contributed by atoms with van der Waals surface area (Å²) in [5, 5.41) is 21.2. The van der Waals surface area contributed by atoms with Crippen LogP contribution < -0.4 is 5.32 Å². The second-order valence-corrected chi connectivity index (χ2v) is 5.37. The number of ether oxygens (including phenoxy) is 1. The van der Waals surface area contributed by atoms with Crippen molar-refractivity contribution in [3.8, 4) is 0 Å². The Bertz CT molecular complexity index is 518. The number of carbonyl (C=O) groups excluding carboxylic acids is 1. The molecule has 1 aliphatic rings. The number of rotatable bonds is 5. The number of carbonyl (C=O) groups is 2. The maximum absolute atomic E-state index is 12.2. The lowest BCUT2D eigenvalue weighted by molar-refractivity contribution is -0.152. The molecule has 1 aromatic rings. The topological polar surface area (TPSA) is 95.9 Å². The first-order valence-electron chi connectivity index (χ1n) is 6.83. The number of nitrogens with one attached hydrogen (secondary N) is 1. The minimum atomic E-state index is -1.06. The molecule has 0 saturated carbocycles. The fourth-order valence-corrected chi connectivity index (χ4v) is 2.37. The number of hydrogen-bond donors (Lipinski definition) is 3. The molecule has 0 spiro atoms. The number of aliphatic hydroxyl groups is 1. The summed E-state index contributed by atoms with van der Waals surface area (Å²) < 4.78 is 5.22. The summed E-state index contributed by atoms with van der Waals surface area (Å²) in [6.45, 7) is 1.45. The Kier molecular flexibility index (Phi) is 4.59. The number of carboxylic acids is 1. The van der Waals surface area contributed by atoms with Crippen LogP contribution in [0.15, 0.2) is 30.3 Å². The summed E-state index contributed by atoms with van der Waals surface area (Å²) in [5.41, 5.74) is -0.156. The molecular formula is C15H19NO5. The Morgan fingerprint density at radius 3 is 2.43 bits per heavy atom. The van der Waals surface area contributed by atoms with Gasteiger partial charge in [0, 0.05) is 0 Å². The van der Waals surface area contributed by atoms with Gasteiger partial charge in [-0.1, -0.05) is 30.3 Å². The summed E-state index contributed by atoms with van der Waals surface area (Å²) in [5.74, 6) is -1.46. The second-order valence-electron chi connectivity index (χ2n) is 5.37.